The summed E-state index contributed by atoms with van der Waals surface area (Å²) in [6.45, 7) is 5.38. The number of aliphatic hydroxyl groups is 2. The van der Waals surface area contributed by atoms with Gasteiger partial charge in [0, 0.05) is 12.8 Å². The second-order valence-corrected chi connectivity index (χ2v) is 5.11. The van der Waals surface area contributed by atoms with Crippen LogP contribution in [0.1, 0.15) is 33.6 Å². The molecule has 2 fully saturated rings. The van der Waals surface area contributed by atoms with Crippen LogP contribution in [0.4, 0.5) is 0 Å². The zero-order chi connectivity index (χ0) is 10.6. The molecule has 0 bridgehead atoms. The first-order chi connectivity index (χ1) is 6.29. The predicted molar refractivity (Wildman–Crippen MR) is 49.7 cm³/mol. The molecule has 0 amide bonds. The Morgan fingerprint density at radius 3 is 2.43 bits per heavy atom. The Labute approximate surface area is 83.8 Å². The van der Waals surface area contributed by atoms with Crippen molar-refractivity contribution in [2.45, 2.75) is 63.3 Å². The van der Waals surface area contributed by atoms with E-state index in [2.05, 4.69) is 0 Å². The standard InChI is InChI=1S/C10H18O4/c1-9(2)13-7-5-10(3,12)4-6(11)8(7)14-9/h6-8,11-12H,4-5H2,1-3H3/t6-,7?,8?,10-/m1/s1. The van der Waals surface area contributed by atoms with E-state index in [4.69, 9.17) is 9.47 Å². The van der Waals surface area contributed by atoms with E-state index in [0.717, 1.165) is 0 Å². The first-order valence-corrected chi connectivity index (χ1v) is 5.05. The molecular weight excluding hydrogens is 184 g/mol. The van der Waals surface area contributed by atoms with Crippen molar-refractivity contribution in [2.24, 2.45) is 0 Å². The molecule has 4 atom stereocenters. The van der Waals surface area contributed by atoms with Crippen LogP contribution in [0.5, 0.6) is 0 Å². The van der Waals surface area contributed by atoms with E-state index in [-0.39, 0.29) is 12.2 Å². The van der Waals surface area contributed by atoms with Gasteiger partial charge >= 0.3 is 0 Å². The molecule has 2 rings (SSSR count). The van der Waals surface area contributed by atoms with Crippen molar-refractivity contribution in [3.63, 3.8) is 0 Å². The van der Waals surface area contributed by atoms with E-state index >= 15 is 0 Å². The highest BCUT2D eigenvalue weighted by Crippen LogP contribution is 2.40. The highest BCUT2D eigenvalue weighted by atomic mass is 16.8. The summed E-state index contributed by atoms with van der Waals surface area (Å²) >= 11 is 0. The van der Waals surface area contributed by atoms with Crippen LogP contribution < -0.4 is 0 Å². The fourth-order valence-corrected chi connectivity index (χ4v) is 2.43. The largest absolute Gasteiger partial charge is 0.390 e. The van der Waals surface area contributed by atoms with Gasteiger partial charge in [-0.2, -0.15) is 0 Å². The average Bonchev–Trinajstić information content (AvgIpc) is 2.21. The van der Waals surface area contributed by atoms with Gasteiger partial charge in [-0.25, -0.2) is 0 Å². The summed E-state index contributed by atoms with van der Waals surface area (Å²) in [5.74, 6) is -0.642. The van der Waals surface area contributed by atoms with Crippen LogP contribution in [0.3, 0.4) is 0 Å². The normalized spacial score (nSPS) is 51.6. The fraction of sp³-hybridized carbons (Fsp3) is 1.00. The zero-order valence-corrected chi connectivity index (χ0v) is 8.86. The number of rotatable bonds is 0. The van der Waals surface area contributed by atoms with Crippen LogP contribution >= 0.6 is 0 Å². The molecule has 0 aromatic carbocycles. The molecule has 2 aliphatic rings. The van der Waals surface area contributed by atoms with Gasteiger partial charge in [0.2, 0.25) is 0 Å². The Morgan fingerprint density at radius 2 is 1.79 bits per heavy atom. The number of hydrogen-bond acceptors (Lipinski definition) is 4. The number of ether oxygens (including phenoxy) is 2. The summed E-state index contributed by atoms with van der Waals surface area (Å²) in [6, 6.07) is 0. The van der Waals surface area contributed by atoms with Crippen molar-refractivity contribution in [1.29, 1.82) is 0 Å². The van der Waals surface area contributed by atoms with Gasteiger partial charge in [0.05, 0.1) is 17.8 Å². The maximum Gasteiger partial charge on any atom is 0.163 e. The average molecular weight is 202 g/mol. The third-order valence-electron chi connectivity index (χ3n) is 2.89. The minimum Gasteiger partial charge on any atom is -0.390 e. The van der Waals surface area contributed by atoms with Crippen LogP contribution in [-0.2, 0) is 9.47 Å². The Balaban J connectivity index is 2.15. The van der Waals surface area contributed by atoms with E-state index in [0.29, 0.717) is 12.8 Å². The van der Waals surface area contributed by atoms with Crippen LogP contribution in [0.25, 0.3) is 0 Å². The lowest BCUT2D eigenvalue weighted by molar-refractivity contribution is -0.153. The summed E-state index contributed by atoms with van der Waals surface area (Å²) in [6.07, 6.45) is -0.231. The Morgan fingerprint density at radius 1 is 1.14 bits per heavy atom. The minimum absolute atomic E-state index is 0.191. The topological polar surface area (TPSA) is 58.9 Å². The molecule has 1 heterocycles. The first kappa shape index (κ1) is 10.4. The number of hydrogen-bond donors (Lipinski definition) is 2. The maximum atomic E-state index is 9.87. The molecule has 0 aromatic heterocycles. The van der Waals surface area contributed by atoms with Crippen molar-refractivity contribution >= 4 is 0 Å². The molecule has 14 heavy (non-hydrogen) atoms. The van der Waals surface area contributed by atoms with Gasteiger partial charge in [-0.05, 0) is 20.8 Å². The third-order valence-corrected chi connectivity index (χ3v) is 2.89. The van der Waals surface area contributed by atoms with Crippen molar-refractivity contribution in [3.8, 4) is 0 Å². The van der Waals surface area contributed by atoms with Crippen LogP contribution in [0.15, 0.2) is 0 Å². The fourth-order valence-electron chi connectivity index (χ4n) is 2.43. The molecule has 1 saturated carbocycles. The van der Waals surface area contributed by atoms with Gasteiger partial charge in [-0.3, -0.25) is 0 Å². The summed E-state index contributed by atoms with van der Waals surface area (Å²) in [5.41, 5.74) is -0.843. The Bertz CT molecular complexity index is 236. The minimum atomic E-state index is -0.843. The number of aliphatic hydroxyl groups excluding tert-OH is 1. The second kappa shape index (κ2) is 2.92. The molecule has 1 saturated heterocycles. The molecule has 0 spiro atoms. The van der Waals surface area contributed by atoms with Crippen molar-refractivity contribution < 1.29 is 19.7 Å². The molecule has 2 unspecified atom stereocenters. The number of fused-ring (bicyclic) bond motifs is 1. The van der Waals surface area contributed by atoms with Gasteiger partial charge in [0.1, 0.15) is 6.10 Å². The molecule has 4 heteroatoms. The van der Waals surface area contributed by atoms with Gasteiger partial charge in [0.15, 0.2) is 5.79 Å². The lowest BCUT2D eigenvalue weighted by atomic mass is 9.81. The van der Waals surface area contributed by atoms with Crippen molar-refractivity contribution in [1.82, 2.24) is 0 Å². The van der Waals surface area contributed by atoms with Gasteiger partial charge in [-0.1, -0.05) is 0 Å². The summed E-state index contributed by atoms with van der Waals surface area (Å²) in [4.78, 5) is 0. The molecule has 4 nitrogen and oxygen atoms in total. The molecule has 0 radical (unpaired) electrons. The summed E-state index contributed by atoms with van der Waals surface area (Å²) in [7, 11) is 0. The maximum absolute atomic E-state index is 9.87. The van der Waals surface area contributed by atoms with E-state index in [1.807, 2.05) is 13.8 Å². The predicted octanol–water partition coefficient (Wildman–Crippen LogP) is 0.412. The Hall–Kier alpha value is -0.160. The van der Waals surface area contributed by atoms with E-state index in [1.165, 1.54) is 0 Å². The van der Waals surface area contributed by atoms with E-state index in [9.17, 15) is 10.2 Å². The SMILES string of the molecule is CC1(C)OC2C[C@](C)(O)C[C@@H](O)C2O1. The van der Waals surface area contributed by atoms with E-state index in [1.54, 1.807) is 6.92 Å². The lowest BCUT2D eigenvalue weighted by Crippen LogP contribution is -2.49. The molecule has 82 valence electrons. The lowest BCUT2D eigenvalue weighted by Gasteiger charge is -2.37. The first-order valence-electron chi connectivity index (χ1n) is 5.05. The molecule has 0 aromatic rings. The third kappa shape index (κ3) is 1.80. The van der Waals surface area contributed by atoms with Crippen LogP contribution in [0.2, 0.25) is 0 Å². The van der Waals surface area contributed by atoms with Crippen LogP contribution in [0, 0.1) is 0 Å². The van der Waals surface area contributed by atoms with Gasteiger partial charge in [0.25, 0.3) is 0 Å². The highest BCUT2D eigenvalue weighted by Gasteiger charge is 2.51. The summed E-state index contributed by atoms with van der Waals surface area (Å²) in [5, 5.41) is 19.6. The summed E-state index contributed by atoms with van der Waals surface area (Å²) < 4.78 is 11.2. The van der Waals surface area contributed by atoms with Crippen molar-refractivity contribution in [2.75, 3.05) is 0 Å². The second-order valence-electron chi connectivity index (χ2n) is 5.11. The quantitative estimate of drug-likeness (QED) is 0.597. The smallest absolute Gasteiger partial charge is 0.163 e. The van der Waals surface area contributed by atoms with Gasteiger partial charge < -0.3 is 19.7 Å². The highest BCUT2D eigenvalue weighted by molar-refractivity contribution is 4.98. The van der Waals surface area contributed by atoms with Gasteiger partial charge in [-0.15, -0.1) is 0 Å². The monoisotopic (exact) mass is 202 g/mol. The van der Waals surface area contributed by atoms with Crippen molar-refractivity contribution in [3.05, 3.63) is 0 Å². The molecular formula is C10H18O4. The van der Waals surface area contributed by atoms with Crippen LogP contribution in [-0.4, -0.2) is 39.9 Å². The van der Waals surface area contributed by atoms with E-state index < -0.39 is 17.5 Å². The molecule has 1 aliphatic heterocycles. The Kier molecular flexibility index (Phi) is 2.16. The molecule has 2 N–H and O–H groups in total. The molecule has 1 aliphatic carbocycles. The zero-order valence-electron chi connectivity index (χ0n) is 8.86.